The van der Waals surface area contributed by atoms with Crippen LogP contribution in [-0.2, 0) is 11.3 Å². The number of fused-ring (bicyclic) bond motifs is 1. The SMILES string of the molecule is O=C(O)C(CCn1nnc2ccccc2c1=O)Sc1ccc(-c2ccccc2)cc1. The summed E-state index contributed by atoms with van der Waals surface area (Å²) in [4.78, 5) is 25.2. The minimum absolute atomic E-state index is 0.183. The molecule has 1 heterocycles. The van der Waals surface area contributed by atoms with E-state index in [9.17, 15) is 14.7 Å². The first kappa shape index (κ1) is 19.8. The molecule has 0 fully saturated rings. The van der Waals surface area contributed by atoms with E-state index < -0.39 is 11.2 Å². The van der Waals surface area contributed by atoms with Gasteiger partial charge in [0, 0.05) is 11.4 Å². The lowest BCUT2D eigenvalue weighted by Crippen LogP contribution is -2.27. The van der Waals surface area contributed by atoms with Gasteiger partial charge in [0.2, 0.25) is 0 Å². The Morgan fingerprint density at radius 1 is 0.933 bits per heavy atom. The van der Waals surface area contributed by atoms with Gasteiger partial charge in [0.1, 0.15) is 10.8 Å². The number of carboxylic acids is 1. The van der Waals surface area contributed by atoms with Crippen LogP contribution < -0.4 is 5.56 Å². The minimum atomic E-state index is -0.922. The van der Waals surface area contributed by atoms with Crippen LogP contribution in [0.1, 0.15) is 6.42 Å². The fourth-order valence-electron chi connectivity index (χ4n) is 3.16. The highest BCUT2D eigenvalue weighted by Crippen LogP contribution is 2.28. The molecule has 3 aromatic carbocycles. The normalized spacial score (nSPS) is 12.0. The van der Waals surface area contributed by atoms with Gasteiger partial charge in [-0.25, -0.2) is 4.68 Å². The molecule has 7 heteroatoms. The number of carbonyl (C=O) groups is 1. The Balaban J connectivity index is 1.47. The molecule has 0 bridgehead atoms. The maximum atomic E-state index is 12.5. The molecule has 4 rings (SSSR count). The summed E-state index contributed by atoms with van der Waals surface area (Å²) in [5, 5.41) is 17.4. The van der Waals surface area contributed by atoms with Crippen LogP contribution >= 0.6 is 11.8 Å². The first-order chi connectivity index (χ1) is 14.6. The molecule has 0 aliphatic heterocycles. The zero-order valence-corrected chi connectivity index (χ0v) is 16.8. The average molecular weight is 417 g/mol. The standard InChI is InChI=1S/C23H19N3O3S/c27-22-19-8-4-5-9-20(19)24-25-26(22)15-14-21(23(28)29)30-18-12-10-17(11-13-18)16-6-2-1-3-7-16/h1-13,21H,14-15H2,(H,28,29). The van der Waals surface area contributed by atoms with Crippen molar-refractivity contribution in [2.75, 3.05) is 0 Å². The monoisotopic (exact) mass is 417 g/mol. The van der Waals surface area contributed by atoms with Gasteiger partial charge < -0.3 is 5.11 Å². The van der Waals surface area contributed by atoms with Crippen molar-refractivity contribution in [1.82, 2.24) is 15.0 Å². The van der Waals surface area contributed by atoms with E-state index in [1.165, 1.54) is 16.4 Å². The Hall–Kier alpha value is -3.45. The molecule has 30 heavy (non-hydrogen) atoms. The van der Waals surface area contributed by atoms with Crippen molar-refractivity contribution < 1.29 is 9.90 Å². The van der Waals surface area contributed by atoms with Crippen LogP contribution in [0.15, 0.2) is 88.6 Å². The molecular weight excluding hydrogens is 398 g/mol. The van der Waals surface area contributed by atoms with Crippen LogP contribution in [0.4, 0.5) is 0 Å². The van der Waals surface area contributed by atoms with Crippen LogP contribution in [0.2, 0.25) is 0 Å². The van der Waals surface area contributed by atoms with Gasteiger partial charge in [-0.05, 0) is 41.8 Å². The quantitative estimate of drug-likeness (QED) is 0.456. The number of aryl methyl sites for hydroxylation is 1. The highest BCUT2D eigenvalue weighted by molar-refractivity contribution is 8.00. The maximum Gasteiger partial charge on any atom is 0.317 e. The van der Waals surface area contributed by atoms with Crippen molar-refractivity contribution in [3.8, 4) is 11.1 Å². The van der Waals surface area contributed by atoms with Crippen LogP contribution in [-0.4, -0.2) is 31.3 Å². The van der Waals surface area contributed by atoms with Gasteiger partial charge >= 0.3 is 5.97 Å². The predicted molar refractivity (Wildman–Crippen MR) is 118 cm³/mol. The molecule has 0 aliphatic carbocycles. The summed E-state index contributed by atoms with van der Waals surface area (Å²) in [7, 11) is 0. The maximum absolute atomic E-state index is 12.5. The highest BCUT2D eigenvalue weighted by atomic mass is 32.2. The van der Waals surface area contributed by atoms with Crippen molar-refractivity contribution in [2.45, 2.75) is 23.1 Å². The zero-order chi connectivity index (χ0) is 20.9. The van der Waals surface area contributed by atoms with Crippen LogP contribution in [0.25, 0.3) is 22.0 Å². The molecule has 0 aliphatic rings. The number of nitrogens with zero attached hydrogens (tertiary/aromatic N) is 3. The van der Waals surface area contributed by atoms with Gasteiger partial charge in [-0.1, -0.05) is 59.8 Å². The van der Waals surface area contributed by atoms with E-state index in [4.69, 9.17) is 0 Å². The molecule has 0 radical (unpaired) electrons. The Labute approximate surface area is 177 Å². The summed E-state index contributed by atoms with van der Waals surface area (Å²) >= 11 is 1.27. The Bertz CT molecular complexity index is 1220. The highest BCUT2D eigenvalue weighted by Gasteiger charge is 2.20. The van der Waals surface area contributed by atoms with E-state index in [1.807, 2.05) is 54.6 Å². The molecule has 0 spiro atoms. The molecule has 1 aromatic heterocycles. The molecular formula is C23H19N3O3S. The Kier molecular flexibility index (Phi) is 5.90. The van der Waals surface area contributed by atoms with Crippen molar-refractivity contribution in [1.29, 1.82) is 0 Å². The van der Waals surface area contributed by atoms with E-state index in [-0.39, 0.29) is 18.5 Å². The minimum Gasteiger partial charge on any atom is -0.480 e. The summed E-state index contributed by atoms with van der Waals surface area (Å²) in [6.07, 6.45) is 0.257. The second-order valence-corrected chi connectivity index (χ2v) is 8.03. The number of carboxylic acid groups (broad SMARTS) is 1. The topological polar surface area (TPSA) is 85.1 Å². The Morgan fingerprint density at radius 3 is 2.33 bits per heavy atom. The van der Waals surface area contributed by atoms with E-state index in [1.54, 1.807) is 24.3 Å². The van der Waals surface area contributed by atoms with Crippen molar-refractivity contribution in [2.24, 2.45) is 0 Å². The molecule has 1 atom stereocenters. The van der Waals surface area contributed by atoms with Gasteiger partial charge in [0.05, 0.1) is 5.39 Å². The molecule has 1 unspecified atom stereocenters. The molecule has 0 saturated carbocycles. The number of thioether (sulfide) groups is 1. The fraction of sp³-hybridized carbons (Fsp3) is 0.130. The van der Waals surface area contributed by atoms with Gasteiger partial charge in [0.25, 0.3) is 5.56 Å². The van der Waals surface area contributed by atoms with Gasteiger partial charge in [-0.15, -0.1) is 16.9 Å². The first-order valence-electron chi connectivity index (χ1n) is 9.49. The predicted octanol–water partition coefficient (Wildman–Crippen LogP) is 4.09. The number of benzene rings is 3. The van der Waals surface area contributed by atoms with E-state index in [0.29, 0.717) is 10.9 Å². The summed E-state index contributed by atoms with van der Waals surface area (Å²) in [6, 6.07) is 24.8. The van der Waals surface area contributed by atoms with Gasteiger partial charge in [0.15, 0.2) is 0 Å². The lowest BCUT2D eigenvalue weighted by molar-refractivity contribution is -0.136. The molecule has 0 amide bonds. The number of aromatic nitrogens is 3. The third-order valence-electron chi connectivity index (χ3n) is 4.75. The van der Waals surface area contributed by atoms with Gasteiger partial charge in [-0.2, -0.15) is 0 Å². The van der Waals surface area contributed by atoms with Crippen LogP contribution in [0.3, 0.4) is 0 Å². The smallest absolute Gasteiger partial charge is 0.317 e. The second-order valence-electron chi connectivity index (χ2n) is 6.76. The van der Waals surface area contributed by atoms with E-state index in [0.717, 1.165) is 16.0 Å². The Morgan fingerprint density at radius 2 is 1.60 bits per heavy atom. The fourth-order valence-corrected chi connectivity index (χ4v) is 4.11. The van der Waals surface area contributed by atoms with E-state index >= 15 is 0 Å². The summed E-state index contributed by atoms with van der Waals surface area (Å²) in [5.74, 6) is -0.922. The number of hydrogen-bond acceptors (Lipinski definition) is 5. The molecule has 4 aromatic rings. The largest absolute Gasteiger partial charge is 0.480 e. The number of aliphatic carboxylic acids is 1. The first-order valence-corrected chi connectivity index (χ1v) is 10.4. The summed E-state index contributed by atoms with van der Waals surface area (Å²) < 4.78 is 1.23. The molecule has 150 valence electrons. The van der Waals surface area contributed by atoms with Crippen LogP contribution in [0, 0.1) is 0 Å². The lowest BCUT2D eigenvalue weighted by atomic mass is 10.1. The molecule has 1 N–H and O–H groups in total. The van der Waals surface area contributed by atoms with Crippen LogP contribution in [0.5, 0.6) is 0 Å². The average Bonchev–Trinajstić information content (AvgIpc) is 2.79. The molecule has 0 saturated heterocycles. The van der Waals surface area contributed by atoms with E-state index in [2.05, 4.69) is 10.3 Å². The van der Waals surface area contributed by atoms with Crippen molar-refractivity contribution >= 4 is 28.6 Å². The number of hydrogen-bond donors (Lipinski definition) is 1. The third-order valence-corrected chi connectivity index (χ3v) is 6.01. The second kappa shape index (κ2) is 8.92. The third kappa shape index (κ3) is 4.41. The summed E-state index contributed by atoms with van der Waals surface area (Å²) in [5.41, 5.74) is 2.45. The molecule has 6 nitrogen and oxygen atoms in total. The van der Waals surface area contributed by atoms with Crippen molar-refractivity contribution in [3.63, 3.8) is 0 Å². The lowest BCUT2D eigenvalue weighted by Gasteiger charge is -2.13. The summed E-state index contributed by atoms with van der Waals surface area (Å²) in [6.45, 7) is 0.183. The number of rotatable bonds is 7. The zero-order valence-electron chi connectivity index (χ0n) is 16.0. The van der Waals surface area contributed by atoms with Gasteiger partial charge in [-0.3, -0.25) is 9.59 Å². The van der Waals surface area contributed by atoms with Crippen molar-refractivity contribution in [3.05, 3.63) is 89.2 Å².